The molecule has 0 spiro atoms. The van der Waals surface area contributed by atoms with E-state index in [1.807, 2.05) is 24.3 Å². The van der Waals surface area contributed by atoms with E-state index in [1.54, 1.807) is 18.7 Å². The van der Waals surface area contributed by atoms with Crippen LogP contribution in [0.5, 0.6) is 0 Å². The van der Waals surface area contributed by atoms with Crippen molar-refractivity contribution in [2.75, 3.05) is 23.4 Å². The number of halogens is 3. The lowest BCUT2D eigenvalue weighted by Crippen LogP contribution is -2.54. The molecule has 154 valence electrons. The zero-order valence-corrected chi connectivity index (χ0v) is 16.0. The highest BCUT2D eigenvalue weighted by molar-refractivity contribution is 6.07. The largest absolute Gasteiger partial charge is 0.462 e. The van der Waals surface area contributed by atoms with Crippen molar-refractivity contribution in [3.8, 4) is 0 Å². The summed E-state index contributed by atoms with van der Waals surface area (Å²) in [5, 5.41) is 3.20. The molecule has 0 fully saturated rings. The molecule has 1 N–H and O–H groups in total. The van der Waals surface area contributed by atoms with E-state index in [0.717, 1.165) is 35.6 Å². The number of nitrogens with zero attached hydrogens (tertiary/aromatic N) is 1. The van der Waals surface area contributed by atoms with Gasteiger partial charge in [-0.25, -0.2) is 4.79 Å². The SMILES string of the molecule is CC1(C)Nc2ccccc2N(CCCOC(=O)c2ccc(C(F)(F)F)cc2)C1=O. The minimum absolute atomic E-state index is 0.0413. The molecule has 0 bridgehead atoms. The van der Waals surface area contributed by atoms with Crippen LogP contribution in [0.1, 0.15) is 36.2 Å². The lowest BCUT2D eigenvalue weighted by Gasteiger charge is -2.40. The molecule has 0 saturated heterocycles. The highest BCUT2D eigenvalue weighted by atomic mass is 19.4. The number of alkyl halides is 3. The average Bonchev–Trinajstić information content (AvgIpc) is 2.66. The van der Waals surface area contributed by atoms with Crippen molar-refractivity contribution in [2.45, 2.75) is 32.0 Å². The predicted octanol–water partition coefficient (Wildman–Crippen LogP) is 4.49. The van der Waals surface area contributed by atoms with E-state index < -0.39 is 23.2 Å². The van der Waals surface area contributed by atoms with E-state index in [0.29, 0.717) is 13.0 Å². The van der Waals surface area contributed by atoms with Gasteiger partial charge < -0.3 is 15.0 Å². The first-order chi connectivity index (χ1) is 13.6. The summed E-state index contributed by atoms with van der Waals surface area (Å²) >= 11 is 0. The van der Waals surface area contributed by atoms with Crippen molar-refractivity contribution >= 4 is 23.3 Å². The van der Waals surface area contributed by atoms with Gasteiger partial charge >= 0.3 is 12.1 Å². The standard InChI is InChI=1S/C21H21F3N2O3/c1-20(2)19(28)26(17-7-4-3-6-16(17)25-20)12-5-13-29-18(27)14-8-10-15(11-9-14)21(22,23)24/h3-4,6-11,25H,5,12-13H2,1-2H3. The summed E-state index contributed by atoms with van der Waals surface area (Å²) in [7, 11) is 0. The Bertz CT molecular complexity index is 908. The second-order valence-corrected chi connectivity index (χ2v) is 7.29. The predicted molar refractivity (Wildman–Crippen MR) is 103 cm³/mol. The first-order valence-electron chi connectivity index (χ1n) is 9.13. The van der Waals surface area contributed by atoms with Crippen LogP contribution >= 0.6 is 0 Å². The van der Waals surface area contributed by atoms with Crippen LogP contribution in [0, 0.1) is 0 Å². The smallest absolute Gasteiger partial charge is 0.416 e. The fourth-order valence-electron chi connectivity index (χ4n) is 3.14. The summed E-state index contributed by atoms with van der Waals surface area (Å²) in [6, 6.07) is 11.3. The minimum Gasteiger partial charge on any atom is -0.462 e. The fraction of sp³-hybridized carbons (Fsp3) is 0.333. The number of para-hydroxylation sites is 2. The maximum atomic E-state index is 12.7. The average molecular weight is 406 g/mol. The van der Waals surface area contributed by atoms with E-state index in [4.69, 9.17) is 4.74 Å². The van der Waals surface area contributed by atoms with Crippen molar-refractivity contribution in [3.05, 3.63) is 59.7 Å². The summed E-state index contributed by atoms with van der Waals surface area (Å²) in [5.74, 6) is -0.795. The van der Waals surface area contributed by atoms with Gasteiger partial charge in [0.1, 0.15) is 5.54 Å². The van der Waals surface area contributed by atoms with Crippen LogP contribution in [-0.2, 0) is 15.7 Å². The number of amides is 1. The third-order valence-electron chi connectivity index (χ3n) is 4.63. The van der Waals surface area contributed by atoms with Crippen molar-refractivity contribution in [2.24, 2.45) is 0 Å². The summed E-state index contributed by atoms with van der Waals surface area (Å²) in [5.41, 5.74) is 0.0608. The molecule has 0 radical (unpaired) electrons. The van der Waals surface area contributed by atoms with Crippen molar-refractivity contribution in [1.82, 2.24) is 0 Å². The molecule has 0 aromatic heterocycles. The Hall–Kier alpha value is -3.03. The molecular formula is C21H21F3N2O3. The Morgan fingerprint density at radius 2 is 1.76 bits per heavy atom. The first kappa shape index (κ1) is 20.7. The van der Waals surface area contributed by atoms with Gasteiger partial charge in [-0.1, -0.05) is 12.1 Å². The van der Waals surface area contributed by atoms with Crippen LogP contribution < -0.4 is 10.2 Å². The Morgan fingerprint density at radius 1 is 1.10 bits per heavy atom. The Kier molecular flexibility index (Phi) is 5.55. The molecule has 1 aliphatic rings. The molecule has 2 aromatic carbocycles. The van der Waals surface area contributed by atoms with Gasteiger partial charge in [-0.3, -0.25) is 4.79 Å². The molecule has 3 rings (SSSR count). The number of nitrogens with one attached hydrogen (secondary N) is 1. The molecule has 8 heteroatoms. The normalized spacial score (nSPS) is 15.5. The van der Waals surface area contributed by atoms with Crippen LogP contribution in [0.4, 0.5) is 24.5 Å². The third kappa shape index (κ3) is 4.52. The van der Waals surface area contributed by atoms with Crippen molar-refractivity contribution in [3.63, 3.8) is 0 Å². The molecule has 0 atom stereocenters. The maximum absolute atomic E-state index is 12.7. The van der Waals surface area contributed by atoms with Gasteiger partial charge in [-0.05, 0) is 56.7 Å². The van der Waals surface area contributed by atoms with Gasteiger partial charge in [0, 0.05) is 6.54 Å². The second kappa shape index (κ2) is 7.77. The molecule has 0 saturated carbocycles. The van der Waals surface area contributed by atoms with E-state index in [9.17, 15) is 22.8 Å². The number of hydrogen-bond donors (Lipinski definition) is 1. The Labute approximate surface area is 166 Å². The summed E-state index contributed by atoms with van der Waals surface area (Å²) in [6.07, 6.45) is -4.06. The van der Waals surface area contributed by atoms with Gasteiger partial charge in [0.05, 0.1) is 29.1 Å². The Morgan fingerprint density at radius 3 is 2.41 bits per heavy atom. The zero-order valence-electron chi connectivity index (χ0n) is 16.0. The molecule has 1 heterocycles. The van der Waals surface area contributed by atoms with Crippen LogP contribution in [0.3, 0.4) is 0 Å². The Balaban J connectivity index is 1.57. The number of rotatable bonds is 5. The van der Waals surface area contributed by atoms with E-state index in [-0.39, 0.29) is 18.1 Å². The molecule has 0 unspecified atom stereocenters. The summed E-state index contributed by atoms with van der Waals surface area (Å²) in [6.45, 7) is 3.98. The van der Waals surface area contributed by atoms with Crippen LogP contribution in [0.2, 0.25) is 0 Å². The first-order valence-corrected chi connectivity index (χ1v) is 9.13. The van der Waals surface area contributed by atoms with Crippen LogP contribution in [0.25, 0.3) is 0 Å². The lowest BCUT2D eigenvalue weighted by atomic mass is 9.98. The topological polar surface area (TPSA) is 58.6 Å². The van der Waals surface area contributed by atoms with E-state index in [2.05, 4.69) is 5.32 Å². The molecule has 5 nitrogen and oxygen atoms in total. The summed E-state index contributed by atoms with van der Waals surface area (Å²) in [4.78, 5) is 26.4. The number of esters is 1. The fourth-order valence-corrected chi connectivity index (χ4v) is 3.14. The lowest BCUT2D eigenvalue weighted by molar-refractivity contribution is -0.137. The molecule has 0 aliphatic carbocycles. The zero-order chi connectivity index (χ0) is 21.2. The number of carbonyl (C=O) groups excluding carboxylic acids is 2. The molecular weight excluding hydrogens is 385 g/mol. The third-order valence-corrected chi connectivity index (χ3v) is 4.63. The van der Waals surface area contributed by atoms with E-state index >= 15 is 0 Å². The van der Waals surface area contributed by atoms with Gasteiger partial charge in [0.15, 0.2) is 0 Å². The van der Waals surface area contributed by atoms with Crippen molar-refractivity contribution < 1.29 is 27.5 Å². The molecule has 1 amide bonds. The van der Waals surface area contributed by atoms with Crippen LogP contribution in [-0.4, -0.2) is 30.6 Å². The van der Waals surface area contributed by atoms with Gasteiger partial charge in [-0.15, -0.1) is 0 Å². The number of hydrogen-bond acceptors (Lipinski definition) is 4. The van der Waals surface area contributed by atoms with E-state index in [1.165, 1.54) is 0 Å². The van der Waals surface area contributed by atoms with Gasteiger partial charge in [-0.2, -0.15) is 13.2 Å². The molecule has 2 aromatic rings. The monoisotopic (exact) mass is 406 g/mol. The quantitative estimate of drug-likeness (QED) is 0.587. The number of ether oxygens (including phenoxy) is 1. The summed E-state index contributed by atoms with van der Waals surface area (Å²) < 4.78 is 42.9. The van der Waals surface area contributed by atoms with Crippen molar-refractivity contribution in [1.29, 1.82) is 0 Å². The number of fused-ring (bicyclic) bond motifs is 1. The number of carbonyl (C=O) groups is 2. The minimum atomic E-state index is -4.46. The van der Waals surface area contributed by atoms with Gasteiger partial charge in [0.25, 0.3) is 5.91 Å². The number of benzene rings is 2. The molecule has 1 aliphatic heterocycles. The second-order valence-electron chi connectivity index (χ2n) is 7.29. The molecule has 29 heavy (non-hydrogen) atoms. The highest BCUT2D eigenvalue weighted by Gasteiger charge is 2.38. The highest BCUT2D eigenvalue weighted by Crippen LogP contribution is 2.35. The maximum Gasteiger partial charge on any atom is 0.416 e. The number of anilines is 2. The van der Waals surface area contributed by atoms with Crippen LogP contribution in [0.15, 0.2) is 48.5 Å². The van der Waals surface area contributed by atoms with Gasteiger partial charge in [0.2, 0.25) is 0 Å².